The smallest absolute Gasteiger partial charge is 0.163 e. The third kappa shape index (κ3) is 2.45. The number of nitriles is 1. The summed E-state index contributed by atoms with van der Waals surface area (Å²) in [5, 5.41) is 9.53. The number of ketones is 1. The second kappa shape index (κ2) is 6.15. The van der Waals surface area contributed by atoms with Crippen LogP contribution in [0.3, 0.4) is 0 Å². The van der Waals surface area contributed by atoms with Gasteiger partial charge in [0.15, 0.2) is 11.5 Å². The maximum Gasteiger partial charge on any atom is 0.163 e. The number of allylic oxidation sites excluding steroid dienone is 2. The first-order valence-electron chi connectivity index (χ1n) is 8.19. The number of aromatic nitrogens is 1. The van der Waals surface area contributed by atoms with E-state index in [1.807, 2.05) is 24.3 Å². The molecule has 4 rings (SSSR count). The van der Waals surface area contributed by atoms with E-state index in [-0.39, 0.29) is 23.0 Å². The van der Waals surface area contributed by atoms with E-state index in [1.165, 1.54) is 0 Å². The lowest BCUT2D eigenvalue weighted by molar-refractivity contribution is -0.116. The minimum atomic E-state index is -0.431. The van der Waals surface area contributed by atoms with E-state index in [0.717, 1.165) is 16.5 Å². The van der Waals surface area contributed by atoms with Gasteiger partial charge in [-0.05, 0) is 24.1 Å². The van der Waals surface area contributed by atoms with E-state index in [2.05, 4.69) is 27.0 Å². The lowest BCUT2D eigenvalue weighted by Crippen LogP contribution is -2.27. The molecule has 0 spiro atoms. The first-order chi connectivity index (χ1) is 12.5. The van der Waals surface area contributed by atoms with Gasteiger partial charge in [0, 0.05) is 28.8 Å². The van der Waals surface area contributed by atoms with E-state index in [4.69, 9.17) is 16.2 Å². The Balaban J connectivity index is 2.06. The highest BCUT2D eigenvalue weighted by Gasteiger charge is 2.40. The molecule has 7 heteroatoms. The molecule has 0 radical (unpaired) electrons. The monoisotopic (exact) mass is 410 g/mol. The molecule has 2 heterocycles. The fraction of sp³-hybridized carbons (Fsp3) is 0.211. The van der Waals surface area contributed by atoms with E-state index in [9.17, 15) is 10.1 Å². The van der Waals surface area contributed by atoms with Gasteiger partial charge in [-0.25, -0.2) is 4.98 Å². The molecule has 1 aliphatic carbocycles. The topological polar surface area (TPSA) is 115 Å². The summed E-state index contributed by atoms with van der Waals surface area (Å²) >= 11 is 3.48. The molecular weight excluding hydrogens is 396 g/mol. The number of hydrogen-bond acceptors (Lipinski definition) is 6. The molecular formula is C19H15BrN4O2. The van der Waals surface area contributed by atoms with Crippen LogP contribution in [0.5, 0.6) is 5.75 Å². The number of hydrogen-bond donors (Lipinski definition) is 2. The zero-order valence-corrected chi connectivity index (χ0v) is 15.3. The van der Waals surface area contributed by atoms with Crippen LogP contribution in [0.1, 0.15) is 41.9 Å². The van der Waals surface area contributed by atoms with E-state index in [0.29, 0.717) is 35.5 Å². The standard InChI is InChI=1S/C19H15BrN4O2/c20-10-4-1-3-9(7-10)14-15-12(25)5-2-6-13(15)26-17-11(8-21)18(22)24-19(23)16(14)17/h1,3-4,7,14H,2,5-6H2,(H4,22,23,24)/t14-/m0/s1. The number of rotatable bonds is 1. The molecule has 0 saturated carbocycles. The highest BCUT2D eigenvalue weighted by molar-refractivity contribution is 9.10. The van der Waals surface area contributed by atoms with Crippen molar-refractivity contribution in [1.82, 2.24) is 4.98 Å². The molecule has 0 saturated heterocycles. The lowest BCUT2D eigenvalue weighted by Gasteiger charge is -2.33. The van der Waals surface area contributed by atoms with Crippen molar-refractivity contribution < 1.29 is 9.53 Å². The number of carbonyl (C=O) groups is 1. The SMILES string of the molecule is N#Cc1c(N)nc(N)c2c1OC1=C(C(=O)CCC1)[C@@H]2c1cccc(Br)c1. The molecule has 4 N–H and O–H groups in total. The number of nitrogens with two attached hydrogens (primary N) is 2. The summed E-state index contributed by atoms with van der Waals surface area (Å²) in [7, 11) is 0. The molecule has 0 fully saturated rings. The van der Waals surface area contributed by atoms with Gasteiger partial charge in [-0.2, -0.15) is 5.26 Å². The molecule has 1 aromatic heterocycles. The fourth-order valence-electron chi connectivity index (χ4n) is 3.66. The largest absolute Gasteiger partial charge is 0.459 e. The van der Waals surface area contributed by atoms with E-state index < -0.39 is 5.92 Å². The molecule has 26 heavy (non-hydrogen) atoms. The van der Waals surface area contributed by atoms with Gasteiger partial charge in [-0.1, -0.05) is 28.1 Å². The van der Waals surface area contributed by atoms with Crippen LogP contribution in [-0.2, 0) is 4.79 Å². The summed E-state index contributed by atoms with van der Waals surface area (Å²) < 4.78 is 6.88. The van der Waals surface area contributed by atoms with Crippen molar-refractivity contribution in [1.29, 1.82) is 5.26 Å². The number of anilines is 2. The summed E-state index contributed by atoms with van der Waals surface area (Å²) in [5.41, 5.74) is 14.2. The summed E-state index contributed by atoms with van der Waals surface area (Å²) in [6, 6.07) is 9.73. The third-order valence-electron chi connectivity index (χ3n) is 4.75. The number of halogens is 1. The van der Waals surface area contributed by atoms with Crippen LogP contribution >= 0.6 is 15.9 Å². The van der Waals surface area contributed by atoms with Gasteiger partial charge in [0.2, 0.25) is 0 Å². The van der Waals surface area contributed by atoms with Gasteiger partial charge in [-0.15, -0.1) is 0 Å². The minimum Gasteiger partial charge on any atom is -0.459 e. The molecule has 1 atom stereocenters. The first-order valence-corrected chi connectivity index (χ1v) is 8.99. The van der Waals surface area contributed by atoms with Gasteiger partial charge in [0.25, 0.3) is 0 Å². The Kier molecular flexibility index (Phi) is 3.93. The van der Waals surface area contributed by atoms with E-state index in [1.54, 1.807) is 0 Å². The summed E-state index contributed by atoms with van der Waals surface area (Å²) in [5.74, 6) is 0.723. The number of pyridine rings is 1. The van der Waals surface area contributed by atoms with Crippen LogP contribution in [0.15, 0.2) is 40.1 Å². The van der Waals surface area contributed by atoms with Crippen molar-refractivity contribution in [2.75, 3.05) is 11.5 Å². The van der Waals surface area contributed by atoms with Gasteiger partial charge < -0.3 is 16.2 Å². The summed E-state index contributed by atoms with van der Waals surface area (Å²) in [6.45, 7) is 0. The number of nitrogen functional groups attached to an aromatic ring is 2. The number of fused-ring (bicyclic) bond motifs is 1. The highest BCUT2D eigenvalue weighted by Crippen LogP contribution is 2.50. The van der Waals surface area contributed by atoms with Crippen molar-refractivity contribution in [2.45, 2.75) is 25.2 Å². The van der Waals surface area contributed by atoms with Crippen LogP contribution < -0.4 is 16.2 Å². The van der Waals surface area contributed by atoms with Gasteiger partial charge >= 0.3 is 0 Å². The van der Waals surface area contributed by atoms with Gasteiger partial charge in [0.1, 0.15) is 29.0 Å². The Morgan fingerprint density at radius 1 is 1.27 bits per heavy atom. The average molecular weight is 411 g/mol. The van der Waals surface area contributed by atoms with Crippen LogP contribution in [0.4, 0.5) is 11.6 Å². The predicted molar refractivity (Wildman–Crippen MR) is 100 cm³/mol. The van der Waals surface area contributed by atoms with Crippen molar-refractivity contribution in [3.8, 4) is 11.8 Å². The van der Waals surface area contributed by atoms with Crippen LogP contribution in [0.2, 0.25) is 0 Å². The fourth-order valence-corrected chi connectivity index (χ4v) is 4.07. The number of nitrogens with zero attached hydrogens (tertiary/aromatic N) is 2. The Hall–Kier alpha value is -2.85. The maximum atomic E-state index is 12.7. The Bertz CT molecular complexity index is 1020. The van der Waals surface area contributed by atoms with Gasteiger partial charge in [0.05, 0.1) is 5.56 Å². The molecule has 0 amide bonds. The zero-order valence-electron chi connectivity index (χ0n) is 13.8. The van der Waals surface area contributed by atoms with Crippen molar-refractivity contribution in [3.63, 3.8) is 0 Å². The normalized spacial score (nSPS) is 18.6. The number of carbonyl (C=O) groups excluding carboxylic acids is 1. The predicted octanol–water partition coefficient (Wildman–Crippen LogP) is 3.41. The number of Topliss-reactive ketones (excluding diaryl/α,β-unsaturated/α-hetero) is 1. The van der Waals surface area contributed by atoms with Crippen LogP contribution in [0.25, 0.3) is 0 Å². The summed E-state index contributed by atoms with van der Waals surface area (Å²) in [6.07, 6.45) is 1.82. The molecule has 6 nitrogen and oxygen atoms in total. The molecule has 130 valence electrons. The third-order valence-corrected chi connectivity index (χ3v) is 5.24. The Morgan fingerprint density at radius 3 is 2.81 bits per heavy atom. The maximum absolute atomic E-state index is 12.7. The quantitative estimate of drug-likeness (QED) is 0.743. The van der Waals surface area contributed by atoms with E-state index >= 15 is 0 Å². The number of ether oxygens (including phenoxy) is 1. The van der Waals surface area contributed by atoms with Crippen molar-refractivity contribution in [2.24, 2.45) is 0 Å². The molecule has 2 aromatic rings. The van der Waals surface area contributed by atoms with Crippen LogP contribution in [-0.4, -0.2) is 10.8 Å². The second-order valence-corrected chi connectivity index (χ2v) is 7.23. The molecule has 0 unspecified atom stereocenters. The zero-order chi connectivity index (χ0) is 18.4. The Labute approximate surface area is 158 Å². The Morgan fingerprint density at radius 2 is 2.08 bits per heavy atom. The second-order valence-electron chi connectivity index (χ2n) is 6.32. The molecule has 0 bridgehead atoms. The summed E-state index contributed by atoms with van der Waals surface area (Å²) in [4.78, 5) is 16.9. The molecule has 2 aliphatic rings. The average Bonchev–Trinajstić information content (AvgIpc) is 2.60. The number of benzene rings is 1. The lowest BCUT2D eigenvalue weighted by atomic mass is 9.76. The molecule has 1 aliphatic heterocycles. The van der Waals surface area contributed by atoms with Crippen molar-refractivity contribution >= 4 is 33.3 Å². The van der Waals surface area contributed by atoms with Gasteiger partial charge in [-0.3, -0.25) is 4.79 Å². The highest BCUT2D eigenvalue weighted by atomic mass is 79.9. The molecule has 1 aromatic carbocycles. The van der Waals surface area contributed by atoms with Crippen molar-refractivity contribution in [3.05, 3.63) is 56.8 Å². The minimum absolute atomic E-state index is 0.0305. The van der Waals surface area contributed by atoms with Crippen LogP contribution in [0, 0.1) is 11.3 Å². The first kappa shape index (κ1) is 16.6.